The lowest BCUT2D eigenvalue weighted by Crippen LogP contribution is -2.33. The number of hydrogen-bond donors (Lipinski definition) is 0. The molecule has 0 spiro atoms. The van der Waals surface area contributed by atoms with Crippen LogP contribution in [0.3, 0.4) is 0 Å². The first-order valence-corrected chi connectivity index (χ1v) is 6.13. The standard InChI is InChI=1S/C12H18ClNO2/c1-3-4-7-14(8-6-13)12(15)11-10(2)5-9-16-11/h5,9H,3-4,6-8H2,1-2H3. The van der Waals surface area contributed by atoms with Gasteiger partial charge in [-0.2, -0.15) is 0 Å². The van der Waals surface area contributed by atoms with Gasteiger partial charge in [-0.05, 0) is 19.4 Å². The second kappa shape index (κ2) is 6.59. The van der Waals surface area contributed by atoms with Crippen molar-refractivity contribution in [2.24, 2.45) is 0 Å². The number of rotatable bonds is 6. The minimum atomic E-state index is -0.0587. The van der Waals surface area contributed by atoms with Crippen molar-refractivity contribution in [1.82, 2.24) is 4.90 Å². The van der Waals surface area contributed by atoms with Gasteiger partial charge in [0.05, 0.1) is 6.26 Å². The largest absolute Gasteiger partial charge is 0.459 e. The average molecular weight is 244 g/mol. The quantitative estimate of drug-likeness (QED) is 0.720. The van der Waals surface area contributed by atoms with Gasteiger partial charge in [-0.1, -0.05) is 13.3 Å². The van der Waals surface area contributed by atoms with Crippen molar-refractivity contribution >= 4 is 17.5 Å². The Hall–Kier alpha value is -0.960. The predicted octanol–water partition coefficient (Wildman–Crippen LogP) is 3.07. The normalized spacial score (nSPS) is 10.4. The Morgan fingerprint density at radius 3 is 2.75 bits per heavy atom. The third-order valence-corrected chi connectivity index (χ3v) is 2.65. The topological polar surface area (TPSA) is 33.5 Å². The highest BCUT2D eigenvalue weighted by Gasteiger charge is 2.19. The number of nitrogens with zero attached hydrogens (tertiary/aromatic N) is 1. The summed E-state index contributed by atoms with van der Waals surface area (Å²) in [5, 5.41) is 0. The van der Waals surface area contributed by atoms with Crippen molar-refractivity contribution in [3.8, 4) is 0 Å². The zero-order valence-electron chi connectivity index (χ0n) is 9.83. The zero-order chi connectivity index (χ0) is 12.0. The summed E-state index contributed by atoms with van der Waals surface area (Å²) in [6.07, 6.45) is 3.59. The molecule has 0 N–H and O–H groups in total. The average Bonchev–Trinajstić information content (AvgIpc) is 2.69. The molecular formula is C12H18ClNO2. The molecule has 90 valence electrons. The van der Waals surface area contributed by atoms with Crippen LogP contribution in [0.2, 0.25) is 0 Å². The molecule has 0 bridgehead atoms. The molecule has 1 heterocycles. The van der Waals surface area contributed by atoms with E-state index in [0.29, 0.717) is 18.2 Å². The summed E-state index contributed by atoms with van der Waals surface area (Å²) in [5.41, 5.74) is 0.876. The molecule has 0 fully saturated rings. The molecule has 0 saturated carbocycles. The van der Waals surface area contributed by atoms with Gasteiger partial charge < -0.3 is 9.32 Å². The van der Waals surface area contributed by atoms with Gasteiger partial charge in [0.1, 0.15) is 0 Å². The number of aryl methyl sites for hydroxylation is 1. The van der Waals surface area contributed by atoms with Crippen molar-refractivity contribution < 1.29 is 9.21 Å². The van der Waals surface area contributed by atoms with E-state index in [1.165, 1.54) is 0 Å². The summed E-state index contributed by atoms with van der Waals surface area (Å²) in [6.45, 7) is 5.28. The Morgan fingerprint density at radius 1 is 1.50 bits per heavy atom. The molecule has 0 aliphatic rings. The maximum Gasteiger partial charge on any atom is 0.289 e. The molecule has 0 radical (unpaired) electrons. The number of alkyl halides is 1. The molecule has 16 heavy (non-hydrogen) atoms. The molecule has 3 nitrogen and oxygen atoms in total. The van der Waals surface area contributed by atoms with E-state index in [0.717, 1.165) is 24.9 Å². The molecule has 0 aliphatic carbocycles. The lowest BCUT2D eigenvalue weighted by molar-refractivity contribution is 0.0730. The van der Waals surface area contributed by atoms with E-state index in [1.54, 1.807) is 17.2 Å². The van der Waals surface area contributed by atoms with Crippen molar-refractivity contribution in [3.05, 3.63) is 23.7 Å². The number of amides is 1. The molecular weight excluding hydrogens is 226 g/mol. The minimum absolute atomic E-state index is 0.0587. The van der Waals surface area contributed by atoms with Gasteiger partial charge in [0.15, 0.2) is 5.76 Å². The fourth-order valence-corrected chi connectivity index (χ4v) is 1.71. The SMILES string of the molecule is CCCCN(CCCl)C(=O)c1occc1C. The van der Waals surface area contributed by atoms with Crippen LogP contribution in [0, 0.1) is 6.92 Å². The molecule has 0 aromatic carbocycles. The second-order valence-corrected chi connectivity index (χ2v) is 4.15. The number of unbranched alkanes of at least 4 members (excludes halogenated alkanes) is 1. The third kappa shape index (κ3) is 3.27. The van der Waals surface area contributed by atoms with Crippen LogP contribution in [0.1, 0.15) is 35.9 Å². The van der Waals surface area contributed by atoms with Crippen LogP contribution in [0.5, 0.6) is 0 Å². The number of carbonyl (C=O) groups is 1. The molecule has 1 aromatic rings. The first-order chi connectivity index (χ1) is 7.70. The Labute approximate surface area is 101 Å². The van der Waals surface area contributed by atoms with E-state index < -0.39 is 0 Å². The van der Waals surface area contributed by atoms with Crippen LogP contribution >= 0.6 is 11.6 Å². The fraction of sp³-hybridized carbons (Fsp3) is 0.583. The highest BCUT2D eigenvalue weighted by molar-refractivity contribution is 6.18. The van der Waals surface area contributed by atoms with E-state index in [-0.39, 0.29) is 5.91 Å². The molecule has 0 atom stereocenters. The summed E-state index contributed by atoms with van der Waals surface area (Å²) in [6, 6.07) is 1.80. The van der Waals surface area contributed by atoms with Gasteiger partial charge in [-0.3, -0.25) is 4.79 Å². The molecule has 4 heteroatoms. The first kappa shape index (κ1) is 13.1. The van der Waals surface area contributed by atoms with E-state index >= 15 is 0 Å². The summed E-state index contributed by atoms with van der Waals surface area (Å²) < 4.78 is 5.20. The Kier molecular flexibility index (Phi) is 5.39. The third-order valence-electron chi connectivity index (χ3n) is 2.48. The van der Waals surface area contributed by atoms with Gasteiger partial charge in [0, 0.05) is 24.5 Å². The maximum absolute atomic E-state index is 12.1. The lowest BCUT2D eigenvalue weighted by Gasteiger charge is -2.20. The van der Waals surface area contributed by atoms with Crippen LogP contribution in [0.25, 0.3) is 0 Å². The zero-order valence-corrected chi connectivity index (χ0v) is 10.6. The van der Waals surface area contributed by atoms with E-state index in [4.69, 9.17) is 16.0 Å². The van der Waals surface area contributed by atoms with E-state index in [9.17, 15) is 4.79 Å². The Bertz CT molecular complexity index is 336. The molecule has 0 aliphatic heterocycles. The van der Waals surface area contributed by atoms with Crippen molar-refractivity contribution in [2.45, 2.75) is 26.7 Å². The first-order valence-electron chi connectivity index (χ1n) is 5.60. The monoisotopic (exact) mass is 243 g/mol. The van der Waals surface area contributed by atoms with Crippen LogP contribution in [0.15, 0.2) is 16.7 Å². The highest BCUT2D eigenvalue weighted by atomic mass is 35.5. The lowest BCUT2D eigenvalue weighted by atomic mass is 10.2. The van der Waals surface area contributed by atoms with Crippen LogP contribution in [0.4, 0.5) is 0 Å². The number of halogens is 1. The summed E-state index contributed by atoms with van der Waals surface area (Å²) >= 11 is 5.70. The van der Waals surface area contributed by atoms with Gasteiger partial charge in [0.2, 0.25) is 0 Å². The number of furan rings is 1. The summed E-state index contributed by atoms with van der Waals surface area (Å²) in [7, 11) is 0. The van der Waals surface area contributed by atoms with E-state index in [1.807, 2.05) is 6.92 Å². The van der Waals surface area contributed by atoms with Crippen molar-refractivity contribution in [1.29, 1.82) is 0 Å². The van der Waals surface area contributed by atoms with Crippen molar-refractivity contribution in [3.63, 3.8) is 0 Å². The fourth-order valence-electron chi connectivity index (χ4n) is 1.50. The van der Waals surface area contributed by atoms with Crippen molar-refractivity contribution in [2.75, 3.05) is 19.0 Å². The Morgan fingerprint density at radius 2 is 2.25 bits per heavy atom. The van der Waals surface area contributed by atoms with Crippen LogP contribution in [-0.2, 0) is 0 Å². The second-order valence-electron chi connectivity index (χ2n) is 3.77. The maximum atomic E-state index is 12.1. The molecule has 1 rings (SSSR count). The number of hydrogen-bond acceptors (Lipinski definition) is 2. The van der Waals surface area contributed by atoms with Crippen LogP contribution in [-0.4, -0.2) is 29.8 Å². The number of carbonyl (C=O) groups excluding carboxylic acids is 1. The summed E-state index contributed by atoms with van der Waals surface area (Å²) in [5.74, 6) is 0.827. The molecule has 0 unspecified atom stereocenters. The van der Waals surface area contributed by atoms with Gasteiger partial charge >= 0.3 is 0 Å². The van der Waals surface area contributed by atoms with E-state index in [2.05, 4.69) is 6.92 Å². The van der Waals surface area contributed by atoms with Gasteiger partial charge in [0.25, 0.3) is 5.91 Å². The molecule has 0 saturated heterocycles. The van der Waals surface area contributed by atoms with Crippen LogP contribution < -0.4 is 0 Å². The summed E-state index contributed by atoms with van der Waals surface area (Å²) in [4.78, 5) is 13.8. The smallest absolute Gasteiger partial charge is 0.289 e. The highest BCUT2D eigenvalue weighted by Crippen LogP contribution is 2.12. The molecule has 1 aromatic heterocycles. The minimum Gasteiger partial charge on any atom is -0.459 e. The molecule has 1 amide bonds. The van der Waals surface area contributed by atoms with Gasteiger partial charge in [-0.15, -0.1) is 11.6 Å². The predicted molar refractivity (Wildman–Crippen MR) is 65.0 cm³/mol. The van der Waals surface area contributed by atoms with Gasteiger partial charge in [-0.25, -0.2) is 0 Å². The Balaban J connectivity index is 2.70.